The monoisotopic (exact) mass is 382 g/mol. The Morgan fingerprint density at radius 1 is 1.21 bits per heavy atom. The Kier molecular flexibility index (Phi) is 5.18. The van der Waals surface area contributed by atoms with Crippen molar-refractivity contribution in [2.75, 3.05) is 0 Å². The number of hydrogen-bond acceptors (Lipinski definition) is 3. The molecule has 0 unspecified atom stereocenters. The third kappa shape index (κ3) is 4.39. The molecular formula is C18H15BrN4O. The van der Waals surface area contributed by atoms with Crippen LogP contribution in [0, 0.1) is 0 Å². The van der Waals surface area contributed by atoms with Crippen LogP contribution in [0.3, 0.4) is 0 Å². The Hall–Kier alpha value is -2.73. The molecule has 5 nitrogen and oxygen atoms in total. The van der Waals surface area contributed by atoms with Gasteiger partial charge in [-0.05, 0) is 41.5 Å². The fourth-order valence-corrected chi connectivity index (χ4v) is 2.44. The fraction of sp³-hybridized carbons (Fsp3) is 0.0556. The Morgan fingerprint density at radius 3 is 2.79 bits per heavy atom. The third-order valence-corrected chi connectivity index (χ3v) is 3.87. The van der Waals surface area contributed by atoms with Crippen LogP contribution in [-0.4, -0.2) is 21.9 Å². The molecule has 3 aromatic rings. The summed E-state index contributed by atoms with van der Waals surface area (Å²) in [6.07, 6.45) is 5.22. The van der Waals surface area contributed by atoms with Crippen LogP contribution in [-0.2, 0) is 6.54 Å². The van der Waals surface area contributed by atoms with Gasteiger partial charge in [0.25, 0.3) is 5.91 Å². The van der Waals surface area contributed by atoms with Gasteiger partial charge in [-0.3, -0.25) is 9.48 Å². The summed E-state index contributed by atoms with van der Waals surface area (Å²) in [5.41, 5.74) is 5.02. The maximum atomic E-state index is 12.2. The zero-order valence-electron chi connectivity index (χ0n) is 12.8. The molecular weight excluding hydrogens is 368 g/mol. The van der Waals surface area contributed by atoms with Gasteiger partial charge in [-0.25, -0.2) is 5.43 Å². The number of rotatable bonds is 5. The Morgan fingerprint density at radius 2 is 2.04 bits per heavy atom. The lowest BCUT2D eigenvalue weighted by atomic mass is 10.1. The van der Waals surface area contributed by atoms with E-state index in [-0.39, 0.29) is 5.91 Å². The van der Waals surface area contributed by atoms with Crippen molar-refractivity contribution < 1.29 is 4.79 Å². The van der Waals surface area contributed by atoms with E-state index >= 15 is 0 Å². The summed E-state index contributed by atoms with van der Waals surface area (Å²) in [4.78, 5) is 12.2. The highest BCUT2D eigenvalue weighted by atomic mass is 79.9. The molecule has 120 valence electrons. The molecule has 1 aromatic heterocycles. The number of carbonyl (C=O) groups is 1. The predicted molar refractivity (Wildman–Crippen MR) is 97.0 cm³/mol. The zero-order chi connectivity index (χ0) is 16.8. The minimum atomic E-state index is -0.245. The SMILES string of the molecule is O=C(N/N=C\c1ccc(Br)cc1)c1cccc(Cn2cccn2)c1. The van der Waals surface area contributed by atoms with E-state index in [1.807, 2.05) is 59.4 Å². The lowest BCUT2D eigenvalue weighted by Crippen LogP contribution is -2.18. The summed E-state index contributed by atoms with van der Waals surface area (Å²) in [7, 11) is 0. The van der Waals surface area contributed by atoms with Crippen molar-refractivity contribution in [3.63, 3.8) is 0 Å². The maximum Gasteiger partial charge on any atom is 0.271 e. The van der Waals surface area contributed by atoms with Gasteiger partial charge in [0.15, 0.2) is 0 Å². The summed E-state index contributed by atoms with van der Waals surface area (Å²) >= 11 is 3.37. The maximum absolute atomic E-state index is 12.2. The number of halogens is 1. The smallest absolute Gasteiger partial charge is 0.268 e. The minimum Gasteiger partial charge on any atom is -0.268 e. The van der Waals surface area contributed by atoms with Crippen LogP contribution < -0.4 is 5.43 Å². The second-order valence-corrected chi connectivity index (χ2v) is 6.07. The first-order chi connectivity index (χ1) is 11.7. The van der Waals surface area contributed by atoms with Crippen LogP contribution in [0.5, 0.6) is 0 Å². The number of nitrogens with zero attached hydrogens (tertiary/aromatic N) is 3. The van der Waals surface area contributed by atoms with Crippen LogP contribution in [0.1, 0.15) is 21.5 Å². The normalized spacial score (nSPS) is 10.9. The molecule has 0 saturated heterocycles. The molecule has 0 aliphatic rings. The van der Waals surface area contributed by atoms with Gasteiger partial charge in [-0.15, -0.1) is 0 Å². The Labute approximate surface area is 148 Å². The molecule has 0 bridgehead atoms. The number of nitrogens with one attached hydrogen (secondary N) is 1. The molecule has 6 heteroatoms. The highest BCUT2D eigenvalue weighted by molar-refractivity contribution is 9.10. The molecule has 1 N–H and O–H groups in total. The van der Waals surface area contributed by atoms with Gasteiger partial charge in [0, 0.05) is 22.4 Å². The summed E-state index contributed by atoms with van der Waals surface area (Å²) < 4.78 is 2.81. The van der Waals surface area contributed by atoms with Crippen molar-refractivity contribution in [2.45, 2.75) is 6.54 Å². The molecule has 24 heavy (non-hydrogen) atoms. The fourth-order valence-electron chi connectivity index (χ4n) is 2.17. The second kappa shape index (κ2) is 7.70. The second-order valence-electron chi connectivity index (χ2n) is 5.15. The van der Waals surface area contributed by atoms with Crippen molar-refractivity contribution in [2.24, 2.45) is 5.10 Å². The quantitative estimate of drug-likeness (QED) is 0.542. The average molecular weight is 383 g/mol. The number of aromatic nitrogens is 2. The van der Waals surface area contributed by atoms with E-state index in [9.17, 15) is 4.79 Å². The summed E-state index contributed by atoms with van der Waals surface area (Å²) in [5.74, 6) is -0.245. The standard InChI is InChI=1S/C18H15BrN4O/c19-17-7-5-14(6-8-17)12-20-22-18(24)16-4-1-3-15(11-16)13-23-10-2-9-21-23/h1-12H,13H2,(H,22,24)/b20-12-. The van der Waals surface area contributed by atoms with Gasteiger partial charge in [-0.2, -0.15) is 10.2 Å². The minimum absolute atomic E-state index is 0.245. The average Bonchev–Trinajstić information content (AvgIpc) is 3.10. The van der Waals surface area contributed by atoms with E-state index in [0.29, 0.717) is 12.1 Å². The van der Waals surface area contributed by atoms with Gasteiger partial charge >= 0.3 is 0 Å². The van der Waals surface area contributed by atoms with Crippen LogP contribution in [0.4, 0.5) is 0 Å². The van der Waals surface area contributed by atoms with E-state index in [1.54, 1.807) is 18.5 Å². The molecule has 2 aromatic carbocycles. The summed E-state index contributed by atoms with van der Waals surface area (Å²) in [5, 5.41) is 8.16. The molecule has 0 radical (unpaired) electrons. The van der Waals surface area contributed by atoms with Crippen LogP contribution in [0.2, 0.25) is 0 Å². The first kappa shape index (κ1) is 16.1. The van der Waals surface area contributed by atoms with Crippen molar-refractivity contribution in [3.8, 4) is 0 Å². The summed E-state index contributed by atoms with van der Waals surface area (Å²) in [6.45, 7) is 0.621. The highest BCUT2D eigenvalue weighted by Gasteiger charge is 2.05. The third-order valence-electron chi connectivity index (χ3n) is 3.34. The van der Waals surface area contributed by atoms with Crippen molar-refractivity contribution in [1.82, 2.24) is 15.2 Å². The van der Waals surface area contributed by atoms with Crippen molar-refractivity contribution in [3.05, 3.63) is 88.2 Å². The van der Waals surface area contributed by atoms with E-state index in [2.05, 4.69) is 31.6 Å². The lowest BCUT2D eigenvalue weighted by Gasteiger charge is -2.05. The van der Waals surface area contributed by atoms with E-state index in [1.165, 1.54) is 0 Å². The van der Waals surface area contributed by atoms with Crippen LogP contribution in [0.15, 0.2) is 76.6 Å². The van der Waals surface area contributed by atoms with Gasteiger partial charge in [0.05, 0.1) is 12.8 Å². The molecule has 0 spiro atoms. The van der Waals surface area contributed by atoms with Gasteiger partial charge in [-0.1, -0.05) is 40.2 Å². The Balaban J connectivity index is 1.63. The molecule has 0 aliphatic heterocycles. The number of hydrogen-bond donors (Lipinski definition) is 1. The number of benzene rings is 2. The highest BCUT2D eigenvalue weighted by Crippen LogP contribution is 2.09. The summed E-state index contributed by atoms with van der Waals surface area (Å²) in [6, 6.07) is 16.9. The van der Waals surface area contributed by atoms with Gasteiger partial charge < -0.3 is 0 Å². The van der Waals surface area contributed by atoms with E-state index in [4.69, 9.17) is 0 Å². The zero-order valence-corrected chi connectivity index (χ0v) is 14.3. The largest absolute Gasteiger partial charge is 0.271 e. The first-order valence-corrected chi connectivity index (χ1v) is 8.15. The number of hydrazone groups is 1. The van der Waals surface area contributed by atoms with Gasteiger partial charge in [0.1, 0.15) is 0 Å². The molecule has 1 amide bonds. The molecule has 3 rings (SSSR count). The van der Waals surface area contributed by atoms with Gasteiger partial charge in [0.2, 0.25) is 0 Å². The molecule has 0 aliphatic carbocycles. The van der Waals surface area contributed by atoms with E-state index in [0.717, 1.165) is 15.6 Å². The Bertz CT molecular complexity index is 842. The molecule has 1 heterocycles. The van der Waals surface area contributed by atoms with E-state index < -0.39 is 0 Å². The van der Waals surface area contributed by atoms with Crippen LogP contribution >= 0.6 is 15.9 Å². The number of carbonyl (C=O) groups excluding carboxylic acids is 1. The predicted octanol–water partition coefficient (Wildman–Crippen LogP) is 3.46. The first-order valence-electron chi connectivity index (χ1n) is 7.36. The topological polar surface area (TPSA) is 59.3 Å². The molecule has 0 fully saturated rings. The van der Waals surface area contributed by atoms with Crippen molar-refractivity contribution >= 4 is 28.1 Å². The number of amides is 1. The van der Waals surface area contributed by atoms with Crippen LogP contribution in [0.25, 0.3) is 0 Å². The lowest BCUT2D eigenvalue weighted by molar-refractivity contribution is 0.0955. The molecule has 0 atom stereocenters. The molecule has 0 saturated carbocycles. The van der Waals surface area contributed by atoms with Crippen molar-refractivity contribution in [1.29, 1.82) is 0 Å².